The molecule has 0 amide bonds. The molecule has 0 spiro atoms. The van der Waals surface area contributed by atoms with Crippen LogP contribution in [0.5, 0.6) is 0 Å². The van der Waals surface area contributed by atoms with Gasteiger partial charge in [-0.25, -0.2) is 0 Å². The molecule has 3 heteroatoms. The fourth-order valence-electron chi connectivity index (χ4n) is 2.44. The Kier molecular flexibility index (Phi) is 3.08. The van der Waals surface area contributed by atoms with Crippen molar-refractivity contribution in [1.29, 1.82) is 0 Å². The van der Waals surface area contributed by atoms with Gasteiger partial charge >= 0.3 is 0 Å². The van der Waals surface area contributed by atoms with Crippen molar-refractivity contribution in [2.45, 2.75) is 30.8 Å². The molecule has 1 aliphatic rings. The van der Waals surface area contributed by atoms with Crippen LogP contribution in [0.1, 0.15) is 30.7 Å². The van der Waals surface area contributed by atoms with E-state index in [9.17, 15) is 15.0 Å². The number of carbonyl (C=O) groups is 1. The molecule has 2 N–H and O–H groups in total. The second-order valence-electron chi connectivity index (χ2n) is 4.36. The van der Waals surface area contributed by atoms with Gasteiger partial charge in [0.15, 0.2) is 11.4 Å². The molecule has 0 saturated heterocycles. The first-order valence-electron chi connectivity index (χ1n) is 5.60. The van der Waals surface area contributed by atoms with Gasteiger partial charge < -0.3 is 10.2 Å². The molecule has 0 unspecified atom stereocenters. The van der Waals surface area contributed by atoms with Crippen LogP contribution in [0.15, 0.2) is 30.3 Å². The lowest BCUT2D eigenvalue weighted by Gasteiger charge is -2.37. The molecule has 1 aromatic carbocycles. The van der Waals surface area contributed by atoms with Gasteiger partial charge in [0, 0.05) is 12.3 Å². The minimum atomic E-state index is -1.58. The van der Waals surface area contributed by atoms with Crippen LogP contribution in [0, 0.1) is 0 Å². The summed E-state index contributed by atoms with van der Waals surface area (Å²) in [5.41, 5.74) is -0.660. The average Bonchev–Trinajstić information content (AvgIpc) is 2.34. The van der Waals surface area contributed by atoms with Crippen LogP contribution in [0.4, 0.5) is 0 Å². The number of aliphatic hydroxyl groups is 2. The number of benzene rings is 1. The van der Waals surface area contributed by atoms with E-state index in [1.165, 1.54) is 0 Å². The summed E-state index contributed by atoms with van der Waals surface area (Å²) in [5.74, 6) is -0.518. The molecule has 0 radical (unpaired) electrons. The Morgan fingerprint density at radius 3 is 2.62 bits per heavy atom. The van der Waals surface area contributed by atoms with Gasteiger partial charge in [0.2, 0.25) is 0 Å². The molecule has 2 rings (SSSR count). The largest absolute Gasteiger partial charge is 0.393 e. The van der Waals surface area contributed by atoms with Gasteiger partial charge in [0.25, 0.3) is 0 Å². The average molecular weight is 220 g/mol. The zero-order chi connectivity index (χ0) is 11.6. The van der Waals surface area contributed by atoms with E-state index < -0.39 is 12.2 Å². The Balaban J connectivity index is 2.35. The molecule has 1 fully saturated rings. The predicted molar refractivity (Wildman–Crippen MR) is 60.1 cm³/mol. The van der Waals surface area contributed by atoms with Crippen molar-refractivity contribution >= 4 is 5.78 Å². The zero-order valence-corrected chi connectivity index (χ0v) is 9.10. The highest BCUT2D eigenvalue weighted by molar-refractivity contribution is 5.89. The summed E-state index contributed by atoms with van der Waals surface area (Å²) >= 11 is 0. The SMILES string of the molecule is O=C1CCC[C@@H](c2ccccc2)[C@@]1(O)CO. The summed E-state index contributed by atoms with van der Waals surface area (Å²) in [5, 5.41) is 19.5. The number of Topliss-reactive ketones (excluding diaryl/α,β-unsaturated/α-hetero) is 1. The summed E-state index contributed by atoms with van der Waals surface area (Å²) in [7, 11) is 0. The lowest BCUT2D eigenvalue weighted by atomic mass is 9.71. The molecule has 1 aromatic rings. The smallest absolute Gasteiger partial charge is 0.167 e. The Labute approximate surface area is 94.7 Å². The Morgan fingerprint density at radius 2 is 2.00 bits per heavy atom. The number of ketones is 1. The molecule has 1 saturated carbocycles. The molecule has 2 atom stereocenters. The van der Waals surface area contributed by atoms with Gasteiger partial charge in [0.05, 0.1) is 6.61 Å². The third-order valence-electron chi connectivity index (χ3n) is 3.40. The van der Waals surface area contributed by atoms with Crippen molar-refractivity contribution in [1.82, 2.24) is 0 Å². The van der Waals surface area contributed by atoms with Gasteiger partial charge in [-0.05, 0) is 18.4 Å². The van der Waals surface area contributed by atoms with Crippen LogP contribution in [0.25, 0.3) is 0 Å². The minimum Gasteiger partial charge on any atom is -0.393 e. The number of hydrogen-bond acceptors (Lipinski definition) is 3. The highest BCUT2D eigenvalue weighted by Crippen LogP contribution is 2.38. The molecule has 0 heterocycles. The lowest BCUT2D eigenvalue weighted by molar-refractivity contribution is -0.148. The van der Waals surface area contributed by atoms with E-state index in [2.05, 4.69) is 0 Å². The lowest BCUT2D eigenvalue weighted by Crippen LogP contribution is -2.50. The highest BCUT2D eigenvalue weighted by atomic mass is 16.3. The normalized spacial score (nSPS) is 30.4. The van der Waals surface area contributed by atoms with E-state index in [-0.39, 0.29) is 11.7 Å². The third kappa shape index (κ3) is 1.77. The van der Waals surface area contributed by atoms with Crippen molar-refractivity contribution in [3.05, 3.63) is 35.9 Å². The van der Waals surface area contributed by atoms with Crippen LogP contribution >= 0.6 is 0 Å². The minimum absolute atomic E-state index is 0.241. The van der Waals surface area contributed by atoms with E-state index in [4.69, 9.17) is 0 Å². The first-order chi connectivity index (χ1) is 7.68. The first kappa shape index (κ1) is 11.3. The molecule has 0 bridgehead atoms. The van der Waals surface area contributed by atoms with Crippen molar-refractivity contribution in [2.75, 3.05) is 6.61 Å². The Hall–Kier alpha value is -1.19. The second-order valence-corrected chi connectivity index (χ2v) is 4.36. The maximum absolute atomic E-state index is 11.7. The Bertz CT molecular complexity index is 374. The van der Waals surface area contributed by atoms with Crippen molar-refractivity contribution in [2.24, 2.45) is 0 Å². The van der Waals surface area contributed by atoms with Crippen LogP contribution in [-0.2, 0) is 4.79 Å². The summed E-state index contributed by atoms with van der Waals surface area (Å²) < 4.78 is 0. The molecular weight excluding hydrogens is 204 g/mol. The molecule has 3 nitrogen and oxygen atoms in total. The fourth-order valence-corrected chi connectivity index (χ4v) is 2.44. The van der Waals surface area contributed by atoms with Crippen molar-refractivity contribution < 1.29 is 15.0 Å². The standard InChI is InChI=1S/C13H16O3/c14-9-13(16)11(7-4-8-12(13)15)10-5-2-1-3-6-10/h1-3,5-6,11,14,16H,4,7-9H2/t11-,13-/m0/s1. The summed E-state index contributed by atoms with van der Waals surface area (Å²) in [6.07, 6.45) is 1.88. The van der Waals surface area contributed by atoms with Crippen LogP contribution in [-0.4, -0.2) is 28.2 Å². The monoisotopic (exact) mass is 220 g/mol. The van der Waals surface area contributed by atoms with Gasteiger partial charge in [-0.15, -0.1) is 0 Å². The topological polar surface area (TPSA) is 57.5 Å². The maximum atomic E-state index is 11.7. The summed E-state index contributed by atoms with van der Waals surface area (Å²) in [6.45, 7) is -0.495. The number of aliphatic hydroxyl groups excluding tert-OH is 1. The molecule has 0 aromatic heterocycles. The quantitative estimate of drug-likeness (QED) is 0.788. The van der Waals surface area contributed by atoms with Gasteiger partial charge in [-0.2, -0.15) is 0 Å². The van der Waals surface area contributed by atoms with E-state index in [1.807, 2.05) is 30.3 Å². The van der Waals surface area contributed by atoms with Gasteiger partial charge in [-0.3, -0.25) is 4.79 Å². The predicted octanol–water partition coefficient (Wildman–Crippen LogP) is 1.25. The highest BCUT2D eigenvalue weighted by Gasteiger charge is 2.45. The van der Waals surface area contributed by atoms with Crippen LogP contribution in [0.3, 0.4) is 0 Å². The first-order valence-corrected chi connectivity index (χ1v) is 5.60. The number of carbonyl (C=O) groups excluding carboxylic acids is 1. The fraction of sp³-hybridized carbons (Fsp3) is 0.462. The number of rotatable bonds is 2. The van der Waals surface area contributed by atoms with E-state index in [1.54, 1.807) is 0 Å². The van der Waals surface area contributed by atoms with Crippen molar-refractivity contribution in [3.8, 4) is 0 Å². The molecule has 0 aliphatic heterocycles. The maximum Gasteiger partial charge on any atom is 0.167 e. The molecular formula is C13H16O3. The van der Waals surface area contributed by atoms with Crippen LogP contribution in [0.2, 0.25) is 0 Å². The van der Waals surface area contributed by atoms with Gasteiger partial charge in [0.1, 0.15) is 0 Å². The third-order valence-corrected chi connectivity index (χ3v) is 3.40. The van der Waals surface area contributed by atoms with Gasteiger partial charge in [-0.1, -0.05) is 30.3 Å². The second kappa shape index (κ2) is 4.36. The van der Waals surface area contributed by atoms with Crippen molar-refractivity contribution in [3.63, 3.8) is 0 Å². The van der Waals surface area contributed by atoms with E-state index in [0.717, 1.165) is 18.4 Å². The zero-order valence-electron chi connectivity index (χ0n) is 9.10. The van der Waals surface area contributed by atoms with E-state index >= 15 is 0 Å². The molecule has 1 aliphatic carbocycles. The van der Waals surface area contributed by atoms with E-state index in [0.29, 0.717) is 6.42 Å². The summed E-state index contributed by atoms with van der Waals surface area (Å²) in [4.78, 5) is 11.7. The van der Waals surface area contributed by atoms with Crippen LogP contribution < -0.4 is 0 Å². The molecule has 86 valence electrons. The summed E-state index contributed by atoms with van der Waals surface area (Å²) in [6, 6.07) is 9.44. The Morgan fingerprint density at radius 1 is 1.31 bits per heavy atom. The number of hydrogen-bond donors (Lipinski definition) is 2. The molecule has 16 heavy (non-hydrogen) atoms.